The number of hydrogen-bond donors (Lipinski definition) is 0. The second-order valence-corrected chi connectivity index (χ2v) is 7.93. The number of benzene rings is 1. The summed E-state index contributed by atoms with van der Waals surface area (Å²) >= 11 is 0. The van der Waals surface area contributed by atoms with Gasteiger partial charge in [0.15, 0.2) is 0 Å². The Morgan fingerprint density at radius 1 is 1.10 bits per heavy atom. The van der Waals surface area contributed by atoms with E-state index < -0.39 is 0 Å². The number of ether oxygens (including phenoxy) is 1. The lowest BCUT2D eigenvalue weighted by atomic mass is 9.81. The van der Waals surface area contributed by atoms with Gasteiger partial charge >= 0.3 is 5.97 Å². The van der Waals surface area contributed by atoms with Gasteiger partial charge in [-0.3, -0.25) is 4.79 Å². The second kappa shape index (κ2) is 9.03. The number of esters is 1. The van der Waals surface area contributed by atoms with Crippen molar-refractivity contribution in [2.24, 2.45) is 5.92 Å². The molecule has 0 saturated carbocycles. The average Bonchev–Trinajstić information content (AvgIpc) is 2.48. The van der Waals surface area contributed by atoms with Crippen molar-refractivity contribution >= 4 is 16.2 Å². The molecular formula is C18H30O2Si. The minimum atomic E-state index is -0.239. The number of rotatable bonds is 9. The first kappa shape index (κ1) is 18.0. The van der Waals surface area contributed by atoms with E-state index in [4.69, 9.17) is 4.74 Å². The van der Waals surface area contributed by atoms with Crippen LogP contribution < -0.4 is 4.74 Å². The smallest absolute Gasteiger partial charge is 0.313 e. The number of carbonyl (C=O) groups excluding carboxylic acids is 1. The normalized spacial score (nSPS) is 14.1. The highest BCUT2D eigenvalue weighted by Crippen LogP contribution is 2.44. The van der Waals surface area contributed by atoms with Gasteiger partial charge in [-0.15, -0.1) is 0 Å². The highest BCUT2D eigenvalue weighted by molar-refractivity contribution is 6.27. The Labute approximate surface area is 132 Å². The zero-order valence-corrected chi connectivity index (χ0v) is 16.0. The molecule has 0 bridgehead atoms. The Kier molecular flexibility index (Phi) is 7.72. The van der Waals surface area contributed by atoms with Gasteiger partial charge in [0.05, 0.1) is 5.04 Å². The van der Waals surface area contributed by atoms with E-state index in [0.29, 0.717) is 11.7 Å². The van der Waals surface area contributed by atoms with Gasteiger partial charge in [0, 0.05) is 10.2 Å². The third-order valence-corrected chi connectivity index (χ3v) is 6.09. The fraction of sp³-hybridized carbons (Fsp3) is 0.611. The predicted octanol–water partition coefficient (Wildman–Crippen LogP) is 4.13. The molecule has 3 heteroatoms. The maximum absolute atomic E-state index is 12.8. The van der Waals surface area contributed by atoms with E-state index in [1.54, 1.807) is 0 Å². The SMILES string of the molecule is CCCC(CCC)C([SiH3])(CCC)C(=O)Oc1ccccc1. The number of carbonyl (C=O) groups is 1. The topological polar surface area (TPSA) is 26.3 Å². The van der Waals surface area contributed by atoms with Gasteiger partial charge in [0.1, 0.15) is 5.75 Å². The summed E-state index contributed by atoms with van der Waals surface area (Å²) in [7, 11) is 0.860. The van der Waals surface area contributed by atoms with Gasteiger partial charge in [-0.1, -0.05) is 58.2 Å². The highest BCUT2D eigenvalue weighted by atomic mass is 28.1. The molecule has 0 saturated heterocycles. The van der Waals surface area contributed by atoms with E-state index in [2.05, 4.69) is 20.8 Å². The molecule has 1 aromatic rings. The first-order valence-corrected chi connectivity index (χ1v) is 9.35. The van der Waals surface area contributed by atoms with Crippen molar-refractivity contribution in [1.82, 2.24) is 0 Å². The van der Waals surface area contributed by atoms with Crippen LogP contribution in [0, 0.1) is 5.92 Å². The molecular weight excluding hydrogens is 276 g/mol. The lowest BCUT2D eigenvalue weighted by Gasteiger charge is -2.35. The summed E-state index contributed by atoms with van der Waals surface area (Å²) in [5.41, 5.74) is 0. The summed E-state index contributed by atoms with van der Waals surface area (Å²) in [4.78, 5) is 12.8. The summed E-state index contributed by atoms with van der Waals surface area (Å²) in [5.74, 6) is 1.13. The van der Waals surface area contributed by atoms with Crippen LogP contribution in [0.3, 0.4) is 0 Å². The quantitative estimate of drug-likeness (QED) is 0.389. The fourth-order valence-electron chi connectivity index (χ4n) is 3.18. The lowest BCUT2D eigenvalue weighted by molar-refractivity contribution is -0.140. The Balaban J connectivity index is 2.92. The zero-order valence-electron chi connectivity index (χ0n) is 14.0. The number of para-hydroxylation sites is 1. The third-order valence-electron chi connectivity index (χ3n) is 4.36. The summed E-state index contributed by atoms with van der Waals surface area (Å²) in [5, 5.41) is -0.239. The molecule has 0 spiro atoms. The van der Waals surface area contributed by atoms with Gasteiger partial charge in [0.2, 0.25) is 0 Å². The van der Waals surface area contributed by atoms with Crippen molar-refractivity contribution in [1.29, 1.82) is 0 Å². The minimum absolute atomic E-state index is 0.00545. The largest absolute Gasteiger partial charge is 0.426 e. The van der Waals surface area contributed by atoms with Crippen molar-refractivity contribution in [2.45, 2.75) is 64.3 Å². The molecule has 1 rings (SSSR count). The molecule has 0 aliphatic carbocycles. The van der Waals surface area contributed by atoms with E-state index in [1.807, 2.05) is 30.3 Å². The fourth-order valence-corrected chi connectivity index (χ4v) is 4.36. The molecule has 1 aromatic carbocycles. The Morgan fingerprint density at radius 3 is 2.14 bits per heavy atom. The monoisotopic (exact) mass is 306 g/mol. The van der Waals surface area contributed by atoms with Crippen LogP contribution in [0.5, 0.6) is 5.75 Å². The lowest BCUT2D eigenvalue weighted by Crippen LogP contribution is -2.36. The maximum Gasteiger partial charge on any atom is 0.313 e. The Bertz CT molecular complexity index is 412. The Hall–Kier alpha value is -1.09. The molecule has 0 aliphatic heterocycles. The van der Waals surface area contributed by atoms with Crippen LogP contribution in [0.25, 0.3) is 0 Å². The van der Waals surface area contributed by atoms with Crippen LogP contribution in [0.15, 0.2) is 30.3 Å². The molecule has 0 N–H and O–H groups in total. The molecule has 0 radical (unpaired) electrons. The van der Waals surface area contributed by atoms with Gasteiger partial charge in [-0.2, -0.15) is 0 Å². The second-order valence-electron chi connectivity index (χ2n) is 6.14. The van der Waals surface area contributed by atoms with Crippen LogP contribution >= 0.6 is 0 Å². The standard InChI is InChI=1S/C18H30O2Si/c1-4-10-15(11-5-2)18(21,14-6-3)17(19)20-16-12-8-7-9-13-16/h7-9,12-13,15H,4-6,10-11,14H2,1-3,21H3. The van der Waals surface area contributed by atoms with E-state index >= 15 is 0 Å². The van der Waals surface area contributed by atoms with Gasteiger partial charge in [-0.25, -0.2) is 0 Å². The predicted molar refractivity (Wildman–Crippen MR) is 92.9 cm³/mol. The Morgan fingerprint density at radius 2 is 1.67 bits per heavy atom. The molecule has 1 atom stereocenters. The van der Waals surface area contributed by atoms with Crippen LogP contribution in [0.4, 0.5) is 0 Å². The molecule has 0 aliphatic rings. The van der Waals surface area contributed by atoms with Crippen molar-refractivity contribution in [3.05, 3.63) is 30.3 Å². The van der Waals surface area contributed by atoms with Gasteiger partial charge < -0.3 is 4.74 Å². The van der Waals surface area contributed by atoms with E-state index in [1.165, 1.54) is 0 Å². The molecule has 2 nitrogen and oxygen atoms in total. The summed E-state index contributed by atoms with van der Waals surface area (Å²) in [6, 6.07) is 9.48. The molecule has 1 unspecified atom stereocenters. The number of hydrogen-bond acceptors (Lipinski definition) is 2. The summed E-state index contributed by atoms with van der Waals surface area (Å²) in [6.07, 6.45) is 6.52. The van der Waals surface area contributed by atoms with Crippen LogP contribution in [-0.2, 0) is 4.79 Å². The van der Waals surface area contributed by atoms with E-state index in [9.17, 15) is 4.79 Å². The minimum Gasteiger partial charge on any atom is -0.426 e. The van der Waals surface area contributed by atoms with Crippen molar-refractivity contribution in [2.75, 3.05) is 0 Å². The van der Waals surface area contributed by atoms with Gasteiger partial charge in [-0.05, 0) is 37.3 Å². The molecule has 0 heterocycles. The zero-order chi connectivity index (χ0) is 15.7. The molecule has 21 heavy (non-hydrogen) atoms. The van der Waals surface area contributed by atoms with Crippen molar-refractivity contribution < 1.29 is 9.53 Å². The maximum atomic E-state index is 12.8. The van der Waals surface area contributed by atoms with E-state index in [0.717, 1.165) is 48.8 Å². The van der Waals surface area contributed by atoms with Crippen molar-refractivity contribution in [3.63, 3.8) is 0 Å². The first-order valence-electron chi connectivity index (χ1n) is 8.35. The van der Waals surface area contributed by atoms with Gasteiger partial charge in [0.25, 0.3) is 0 Å². The van der Waals surface area contributed by atoms with Crippen LogP contribution in [-0.4, -0.2) is 16.2 Å². The molecule has 0 aromatic heterocycles. The van der Waals surface area contributed by atoms with Crippen LogP contribution in [0.2, 0.25) is 5.04 Å². The van der Waals surface area contributed by atoms with Crippen molar-refractivity contribution in [3.8, 4) is 5.75 Å². The molecule has 0 amide bonds. The molecule has 0 fully saturated rings. The highest BCUT2D eigenvalue weighted by Gasteiger charge is 2.40. The molecule has 118 valence electrons. The first-order chi connectivity index (χ1) is 10.1. The van der Waals surface area contributed by atoms with Crippen LogP contribution in [0.1, 0.15) is 59.3 Å². The van der Waals surface area contributed by atoms with E-state index in [-0.39, 0.29) is 11.0 Å². The summed E-state index contributed by atoms with van der Waals surface area (Å²) < 4.78 is 5.70. The summed E-state index contributed by atoms with van der Waals surface area (Å²) in [6.45, 7) is 6.58. The third kappa shape index (κ3) is 4.99. The average molecular weight is 307 g/mol.